The molecule has 5 aromatic rings. The number of carboxylic acid groups (broad SMARTS) is 1. The zero-order valence-electron chi connectivity index (χ0n) is 22.8. The van der Waals surface area contributed by atoms with E-state index in [1.165, 1.54) is 23.1 Å². The number of aromatic carboxylic acids is 1. The van der Waals surface area contributed by atoms with E-state index in [9.17, 15) is 19.5 Å². The lowest BCUT2D eigenvalue weighted by Crippen LogP contribution is -2.19. The van der Waals surface area contributed by atoms with Crippen LogP contribution in [0.3, 0.4) is 0 Å². The summed E-state index contributed by atoms with van der Waals surface area (Å²) in [6.07, 6.45) is 0. The fourth-order valence-corrected chi connectivity index (χ4v) is 7.34. The third-order valence-electron chi connectivity index (χ3n) is 6.34. The average molecular weight is 772 g/mol. The van der Waals surface area contributed by atoms with Crippen LogP contribution in [0.1, 0.15) is 31.5 Å². The highest BCUT2D eigenvalue weighted by Gasteiger charge is 2.29. The molecule has 1 unspecified atom stereocenters. The Morgan fingerprint density at radius 3 is 2.13 bits per heavy atom. The summed E-state index contributed by atoms with van der Waals surface area (Å²) in [5.41, 5.74) is 1.36. The lowest BCUT2D eigenvalue weighted by atomic mass is 10.1. The molecule has 3 N–H and O–H groups in total. The van der Waals surface area contributed by atoms with Gasteiger partial charge in [-0.2, -0.15) is 0 Å². The van der Waals surface area contributed by atoms with E-state index in [4.69, 9.17) is 69.6 Å². The zero-order valence-corrected chi connectivity index (χ0v) is 29.0. The second kappa shape index (κ2) is 14.8. The third kappa shape index (κ3) is 7.59. The standard InChI is InChI=1S/C31H17Cl6N3O4S2/c32-18-10-9-15(11-19(18)33)20-13-45-31(39-20)40-29(42)27(14-5-2-1-3-6-14)46-17-8-4-7-16(12-17)38-28(41)21-22(30(43)44)24(35)26(37)25(36)23(21)34/h1-13,27H,(H,38,41)(H,43,44)(H,39,40,42). The summed E-state index contributed by atoms with van der Waals surface area (Å²) in [7, 11) is 0. The quantitative estimate of drug-likeness (QED) is 0.0782. The molecule has 0 radical (unpaired) electrons. The Kier molecular flexibility index (Phi) is 11.1. The van der Waals surface area contributed by atoms with Crippen LogP contribution in [0.25, 0.3) is 11.3 Å². The Balaban J connectivity index is 1.39. The van der Waals surface area contributed by atoms with Crippen LogP contribution in [0.5, 0.6) is 0 Å². The average Bonchev–Trinajstić information content (AvgIpc) is 3.50. The minimum Gasteiger partial charge on any atom is -0.478 e. The van der Waals surface area contributed by atoms with Gasteiger partial charge in [-0.15, -0.1) is 23.1 Å². The molecule has 5 rings (SSSR count). The van der Waals surface area contributed by atoms with Crippen LogP contribution in [-0.4, -0.2) is 27.9 Å². The minimum atomic E-state index is -1.51. The van der Waals surface area contributed by atoms with Gasteiger partial charge in [-0.3, -0.25) is 9.59 Å². The number of thiazole rings is 1. The number of hydrogen-bond acceptors (Lipinski definition) is 6. The number of carboxylic acids is 1. The molecule has 0 aliphatic heterocycles. The van der Waals surface area contributed by atoms with Gasteiger partial charge in [0.25, 0.3) is 5.91 Å². The summed E-state index contributed by atoms with van der Waals surface area (Å²) >= 11 is 39.1. The molecular weight excluding hydrogens is 755 g/mol. The smallest absolute Gasteiger partial charge is 0.338 e. The molecular formula is C31H17Cl6N3O4S2. The van der Waals surface area contributed by atoms with E-state index in [0.717, 1.165) is 11.1 Å². The Hall–Kier alpha value is -2.99. The maximum Gasteiger partial charge on any atom is 0.338 e. The van der Waals surface area contributed by atoms with Gasteiger partial charge in [0.1, 0.15) is 5.25 Å². The minimum absolute atomic E-state index is 0.256. The number of nitrogens with zero attached hydrogens (tertiary/aromatic N) is 1. The first-order valence-electron chi connectivity index (χ1n) is 12.9. The maximum atomic E-state index is 13.7. The monoisotopic (exact) mass is 769 g/mol. The first-order chi connectivity index (χ1) is 21.9. The topological polar surface area (TPSA) is 108 Å². The molecule has 0 saturated carbocycles. The Morgan fingerprint density at radius 2 is 1.46 bits per heavy atom. The van der Waals surface area contributed by atoms with E-state index in [2.05, 4.69) is 15.6 Å². The van der Waals surface area contributed by atoms with E-state index < -0.39 is 33.3 Å². The largest absolute Gasteiger partial charge is 0.478 e. The molecule has 15 heteroatoms. The highest BCUT2D eigenvalue weighted by atomic mass is 35.5. The van der Waals surface area contributed by atoms with Crippen molar-refractivity contribution in [3.05, 3.63) is 125 Å². The Bertz CT molecular complexity index is 1990. The molecule has 0 spiro atoms. The lowest BCUT2D eigenvalue weighted by Gasteiger charge is -2.17. The summed E-state index contributed by atoms with van der Waals surface area (Å²) in [6, 6.07) is 21.0. The summed E-state index contributed by atoms with van der Waals surface area (Å²) in [6.45, 7) is 0. The van der Waals surface area contributed by atoms with Crippen molar-refractivity contribution in [3.8, 4) is 11.3 Å². The van der Waals surface area contributed by atoms with Crippen LogP contribution in [0.4, 0.5) is 10.8 Å². The molecule has 4 aromatic carbocycles. The van der Waals surface area contributed by atoms with Gasteiger partial charge in [0, 0.05) is 21.5 Å². The number of nitrogens with one attached hydrogen (secondary N) is 2. The maximum absolute atomic E-state index is 13.7. The number of anilines is 2. The van der Waals surface area contributed by atoms with Crippen molar-refractivity contribution in [2.24, 2.45) is 0 Å². The van der Waals surface area contributed by atoms with Crippen molar-refractivity contribution in [3.63, 3.8) is 0 Å². The second-order valence-electron chi connectivity index (χ2n) is 9.36. The number of hydrogen-bond donors (Lipinski definition) is 3. The molecule has 0 fully saturated rings. The van der Waals surface area contributed by atoms with Crippen LogP contribution < -0.4 is 10.6 Å². The first-order valence-corrected chi connectivity index (χ1v) is 16.9. The third-order valence-corrected chi connectivity index (χ3v) is 10.9. The van der Waals surface area contributed by atoms with Crippen molar-refractivity contribution < 1.29 is 19.5 Å². The van der Waals surface area contributed by atoms with Crippen molar-refractivity contribution in [1.29, 1.82) is 0 Å². The summed E-state index contributed by atoms with van der Waals surface area (Å²) in [4.78, 5) is 44.0. The van der Waals surface area contributed by atoms with Crippen molar-refractivity contribution in [2.45, 2.75) is 10.1 Å². The van der Waals surface area contributed by atoms with Crippen LogP contribution in [0.2, 0.25) is 30.1 Å². The van der Waals surface area contributed by atoms with Crippen molar-refractivity contribution in [1.82, 2.24) is 4.98 Å². The molecule has 234 valence electrons. The Morgan fingerprint density at radius 1 is 0.761 bits per heavy atom. The molecule has 46 heavy (non-hydrogen) atoms. The second-order valence-corrected chi connectivity index (χ2v) is 13.7. The number of aromatic nitrogens is 1. The molecule has 0 saturated heterocycles. The van der Waals surface area contributed by atoms with Gasteiger partial charge in [0.05, 0.1) is 47.0 Å². The van der Waals surface area contributed by atoms with Crippen LogP contribution in [0.15, 0.2) is 83.1 Å². The molecule has 0 aliphatic carbocycles. The van der Waals surface area contributed by atoms with E-state index in [1.54, 1.807) is 47.8 Å². The van der Waals surface area contributed by atoms with E-state index in [0.29, 0.717) is 31.5 Å². The van der Waals surface area contributed by atoms with Gasteiger partial charge in [-0.05, 0) is 35.9 Å². The van der Waals surface area contributed by atoms with E-state index >= 15 is 0 Å². The summed E-state index contributed by atoms with van der Waals surface area (Å²) < 4.78 is 0. The predicted molar refractivity (Wildman–Crippen MR) is 189 cm³/mol. The number of rotatable bonds is 9. The molecule has 1 aromatic heterocycles. The number of carbonyl (C=O) groups excluding carboxylic acids is 2. The van der Waals surface area contributed by atoms with Gasteiger partial charge in [0.15, 0.2) is 5.13 Å². The van der Waals surface area contributed by atoms with Crippen LogP contribution in [0, 0.1) is 0 Å². The van der Waals surface area contributed by atoms with Gasteiger partial charge >= 0.3 is 5.97 Å². The molecule has 1 atom stereocenters. The summed E-state index contributed by atoms with van der Waals surface area (Å²) in [5.74, 6) is -2.71. The van der Waals surface area contributed by atoms with Gasteiger partial charge in [0.2, 0.25) is 5.91 Å². The Labute approximate surface area is 300 Å². The summed E-state index contributed by atoms with van der Waals surface area (Å²) in [5, 5.41) is 16.2. The fourth-order valence-electron chi connectivity index (χ4n) is 4.21. The molecule has 2 amide bonds. The number of halogens is 6. The normalized spacial score (nSPS) is 11.6. The van der Waals surface area contributed by atoms with Gasteiger partial charge in [-0.25, -0.2) is 9.78 Å². The predicted octanol–water partition coefficient (Wildman–Crippen LogP) is 11.2. The molecule has 7 nitrogen and oxygen atoms in total. The van der Waals surface area contributed by atoms with Gasteiger partial charge < -0.3 is 15.7 Å². The number of thioether (sulfide) groups is 1. The first kappa shape index (κ1) is 34.3. The number of amides is 2. The van der Waals surface area contributed by atoms with Gasteiger partial charge in [-0.1, -0.05) is 112 Å². The van der Waals surface area contributed by atoms with Crippen molar-refractivity contribution in [2.75, 3.05) is 10.6 Å². The number of benzene rings is 4. The van der Waals surface area contributed by atoms with E-state index in [-0.39, 0.29) is 21.0 Å². The van der Waals surface area contributed by atoms with Crippen molar-refractivity contribution >= 4 is 121 Å². The zero-order chi connectivity index (χ0) is 33.1. The number of carbonyl (C=O) groups is 3. The van der Waals surface area contributed by atoms with E-state index in [1.807, 2.05) is 30.3 Å². The van der Waals surface area contributed by atoms with Crippen LogP contribution >= 0.6 is 92.7 Å². The highest BCUT2D eigenvalue weighted by Crippen LogP contribution is 2.42. The molecule has 1 heterocycles. The lowest BCUT2D eigenvalue weighted by molar-refractivity contribution is -0.115. The van der Waals surface area contributed by atoms with Crippen LogP contribution in [-0.2, 0) is 4.79 Å². The fraction of sp³-hybridized carbons (Fsp3) is 0.0323. The SMILES string of the molecule is O=C(O)c1c(Cl)c(Cl)c(Cl)c(Cl)c1C(=O)Nc1cccc(SC(C(=O)Nc2nc(-c3ccc(Cl)c(Cl)c3)cs2)c2ccccc2)c1. The molecule has 0 bridgehead atoms. The molecule has 0 aliphatic rings. The highest BCUT2D eigenvalue weighted by molar-refractivity contribution is 8.00.